The Bertz CT molecular complexity index is 331. The summed E-state index contributed by atoms with van der Waals surface area (Å²) in [5.41, 5.74) is -2.48. The normalized spacial score (nSPS) is 22.5. The Morgan fingerprint density at radius 2 is 1.24 bits per heavy atom. The molecule has 1 saturated heterocycles. The first-order valence-electron chi connectivity index (χ1n) is 5.25. The topological polar surface area (TPSA) is 138 Å². The van der Waals surface area contributed by atoms with Crippen LogP contribution in [0.15, 0.2) is 0 Å². The van der Waals surface area contributed by atoms with Gasteiger partial charge in [0, 0.05) is 0 Å². The first-order chi connectivity index (χ1) is 7.57. The standard InChI is InChI=1S/C7H17NO7P2/c9-8(5-3-1-2-4-6-8)7(16(10,11)12)17(13,14)15/h7H,1-6H2,(H2,10,11,12)(H2,13,14,15). The van der Waals surface area contributed by atoms with E-state index in [0.29, 0.717) is 12.8 Å². The maximum Gasteiger partial charge on any atom is 0.395 e. The largest absolute Gasteiger partial charge is 0.632 e. The van der Waals surface area contributed by atoms with Gasteiger partial charge in [-0.2, -0.15) is 0 Å². The maximum atomic E-state index is 12.3. The molecule has 0 unspecified atom stereocenters. The third-order valence-electron chi connectivity index (χ3n) is 2.85. The summed E-state index contributed by atoms with van der Waals surface area (Å²) in [4.78, 5) is 36.1. The summed E-state index contributed by atoms with van der Waals surface area (Å²) in [5.74, 6) is 0. The Morgan fingerprint density at radius 1 is 0.882 bits per heavy atom. The molecule has 0 amide bonds. The Kier molecular flexibility index (Phi) is 4.56. The summed E-state index contributed by atoms with van der Waals surface area (Å²) < 4.78 is 20.9. The van der Waals surface area contributed by atoms with Gasteiger partial charge in [0.25, 0.3) is 5.52 Å². The fourth-order valence-electron chi connectivity index (χ4n) is 2.20. The molecule has 4 N–H and O–H groups in total. The molecule has 1 fully saturated rings. The van der Waals surface area contributed by atoms with E-state index in [1.54, 1.807) is 0 Å². The highest BCUT2D eigenvalue weighted by molar-refractivity contribution is 7.70. The molecule has 10 heteroatoms. The number of rotatable bonds is 3. The molecule has 0 bridgehead atoms. The Labute approximate surface area is 98.7 Å². The van der Waals surface area contributed by atoms with Crippen LogP contribution in [-0.4, -0.2) is 42.8 Å². The van der Waals surface area contributed by atoms with Crippen LogP contribution in [0.5, 0.6) is 0 Å². The van der Waals surface area contributed by atoms with Crippen LogP contribution in [0.3, 0.4) is 0 Å². The number of quaternary nitrogens is 1. The van der Waals surface area contributed by atoms with Crippen molar-refractivity contribution in [1.82, 2.24) is 0 Å². The van der Waals surface area contributed by atoms with Gasteiger partial charge in [-0.3, -0.25) is 9.13 Å². The zero-order chi connectivity index (χ0) is 13.3. The van der Waals surface area contributed by atoms with E-state index >= 15 is 0 Å². The minimum Gasteiger partial charge on any atom is -0.632 e. The zero-order valence-corrected chi connectivity index (χ0v) is 11.0. The number of likely N-dealkylation sites (tertiary alicyclic amines) is 1. The Morgan fingerprint density at radius 3 is 1.53 bits per heavy atom. The third-order valence-corrected chi connectivity index (χ3v) is 6.70. The highest BCUT2D eigenvalue weighted by Crippen LogP contribution is 2.63. The van der Waals surface area contributed by atoms with Crippen LogP contribution in [0.2, 0.25) is 0 Å². The first kappa shape index (κ1) is 15.3. The lowest BCUT2D eigenvalue weighted by Gasteiger charge is -2.47. The van der Waals surface area contributed by atoms with Crippen molar-refractivity contribution >= 4 is 15.2 Å². The molecule has 0 aromatic carbocycles. The quantitative estimate of drug-likeness (QED) is 0.337. The molecule has 1 aliphatic rings. The number of hydrogen-bond acceptors (Lipinski definition) is 3. The van der Waals surface area contributed by atoms with Gasteiger partial charge in [0.15, 0.2) is 0 Å². The van der Waals surface area contributed by atoms with Crippen molar-refractivity contribution in [3.63, 3.8) is 0 Å². The molecule has 1 heterocycles. The van der Waals surface area contributed by atoms with Gasteiger partial charge in [-0.25, -0.2) is 0 Å². The monoisotopic (exact) mass is 289 g/mol. The summed E-state index contributed by atoms with van der Waals surface area (Å²) in [7, 11) is -10.3. The third kappa shape index (κ3) is 3.84. The minimum atomic E-state index is -5.15. The van der Waals surface area contributed by atoms with Gasteiger partial charge < -0.3 is 29.4 Å². The van der Waals surface area contributed by atoms with Gasteiger partial charge in [-0.1, -0.05) is 0 Å². The highest BCUT2D eigenvalue weighted by Gasteiger charge is 2.54. The number of hydrogen-bond donors (Lipinski definition) is 4. The van der Waals surface area contributed by atoms with Gasteiger partial charge in [0.05, 0.1) is 13.1 Å². The molecule has 17 heavy (non-hydrogen) atoms. The lowest BCUT2D eigenvalue weighted by atomic mass is 10.2. The summed E-state index contributed by atoms with van der Waals surface area (Å²) in [6.45, 7) is -0.332. The van der Waals surface area contributed by atoms with Crippen LogP contribution in [0.1, 0.15) is 25.7 Å². The van der Waals surface area contributed by atoms with Crippen LogP contribution in [0.25, 0.3) is 0 Å². The highest BCUT2D eigenvalue weighted by atomic mass is 31.2. The van der Waals surface area contributed by atoms with E-state index in [-0.39, 0.29) is 13.1 Å². The maximum absolute atomic E-state index is 12.3. The van der Waals surface area contributed by atoms with Crippen LogP contribution >= 0.6 is 15.2 Å². The molecule has 102 valence electrons. The smallest absolute Gasteiger partial charge is 0.395 e. The van der Waals surface area contributed by atoms with Crippen LogP contribution in [0, 0.1) is 5.21 Å². The molecular weight excluding hydrogens is 272 g/mol. The lowest BCUT2D eigenvalue weighted by molar-refractivity contribution is -0.880. The van der Waals surface area contributed by atoms with Crippen LogP contribution in [0.4, 0.5) is 0 Å². The summed E-state index contributed by atoms with van der Waals surface area (Å²) in [6.07, 6.45) is 2.30. The number of nitrogens with zero attached hydrogens (tertiary/aromatic N) is 1. The Hall–Kier alpha value is 0.220. The van der Waals surface area contributed by atoms with Crippen molar-refractivity contribution in [1.29, 1.82) is 0 Å². The van der Waals surface area contributed by atoms with Crippen molar-refractivity contribution in [2.24, 2.45) is 0 Å². The lowest BCUT2D eigenvalue weighted by Crippen LogP contribution is -2.50. The van der Waals surface area contributed by atoms with E-state index in [1.165, 1.54) is 0 Å². The molecule has 0 spiro atoms. The fourth-order valence-corrected chi connectivity index (χ4v) is 5.33. The minimum absolute atomic E-state index is 0.166. The van der Waals surface area contributed by atoms with E-state index in [9.17, 15) is 14.3 Å². The molecule has 0 atom stereocenters. The summed E-state index contributed by atoms with van der Waals surface area (Å²) in [6, 6.07) is 0. The molecule has 0 saturated carbocycles. The SMILES string of the molecule is O=P(O)(O)C([N+]1([O-])CCCCCC1)P(=O)(O)O. The van der Waals surface area contributed by atoms with Crippen molar-refractivity contribution in [3.8, 4) is 0 Å². The first-order valence-corrected chi connectivity index (χ1v) is 8.62. The van der Waals surface area contributed by atoms with Gasteiger partial charge in [0.2, 0.25) is 0 Å². The van der Waals surface area contributed by atoms with Gasteiger partial charge in [-0.15, -0.1) is 0 Å². The molecule has 0 radical (unpaired) electrons. The number of hydroxylamine groups is 3. The second-order valence-corrected chi connectivity index (χ2v) is 8.08. The summed E-state index contributed by atoms with van der Waals surface area (Å²) >= 11 is 0. The second kappa shape index (κ2) is 5.07. The van der Waals surface area contributed by atoms with Gasteiger partial charge >= 0.3 is 15.2 Å². The molecule has 0 aromatic heterocycles. The van der Waals surface area contributed by atoms with Crippen LogP contribution in [-0.2, 0) is 9.13 Å². The van der Waals surface area contributed by atoms with Gasteiger partial charge in [0.1, 0.15) is 0 Å². The average Bonchev–Trinajstić information content (AvgIpc) is 2.24. The van der Waals surface area contributed by atoms with Crippen molar-refractivity contribution in [2.75, 3.05) is 13.1 Å². The Balaban J connectivity index is 3.12. The fraction of sp³-hybridized carbons (Fsp3) is 1.00. The molecular formula is C7H17NO7P2. The molecule has 1 aliphatic heterocycles. The van der Waals surface area contributed by atoms with Crippen molar-refractivity contribution in [2.45, 2.75) is 31.2 Å². The molecule has 8 nitrogen and oxygen atoms in total. The van der Waals surface area contributed by atoms with E-state index < -0.39 is 25.4 Å². The average molecular weight is 289 g/mol. The van der Waals surface area contributed by atoms with E-state index in [4.69, 9.17) is 19.6 Å². The molecule has 0 aliphatic carbocycles. The van der Waals surface area contributed by atoms with Crippen LogP contribution < -0.4 is 0 Å². The van der Waals surface area contributed by atoms with Crippen molar-refractivity contribution in [3.05, 3.63) is 5.21 Å². The predicted octanol–water partition coefficient (Wildman–Crippen LogP) is 0.514. The van der Waals surface area contributed by atoms with E-state index in [0.717, 1.165) is 12.8 Å². The summed E-state index contributed by atoms with van der Waals surface area (Å²) in [5, 5.41) is 12.3. The van der Waals surface area contributed by atoms with E-state index in [1.807, 2.05) is 0 Å². The van der Waals surface area contributed by atoms with Gasteiger partial charge in [-0.05, 0) is 25.7 Å². The second-order valence-electron chi connectivity index (χ2n) is 4.34. The molecule has 0 aromatic rings. The van der Waals surface area contributed by atoms with E-state index in [2.05, 4.69) is 0 Å². The predicted molar refractivity (Wildman–Crippen MR) is 59.7 cm³/mol. The zero-order valence-electron chi connectivity index (χ0n) is 9.18. The van der Waals surface area contributed by atoms with Crippen molar-refractivity contribution < 1.29 is 33.4 Å². The molecule has 1 rings (SSSR count).